The maximum absolute atomic E-state index is 9.13. The third kappa shape index (κ3) is 6.84. The van der Waals surface area contributed by atoms with Crippen molar-refractivity contribution in [2.45, 2.75) is 32.6 Å². The van der Waals surface area contributed by atoms with Gasteiger partial charge in [0.2, 0.25) is 0 Å². The number of nitrogens with one attached hydrogen (secondary N) is 1. The monoisotopic (exact) mass is 237 g/mol. The van der Waals surface area contributed by atoms with Gasteiger partial charge in [0, 0.05) is 25.4 Å². The van der Waals surface area contributed by atoms with Gasteiger partial charge in [-0.05, 0) is 49.9 Å². The molecule has 0 atom stereocenters. The first-order valence-corrected chi connectivity index (χ1v) is 6.43. The highest BCUT2D eigenvalue weighted by Crippen LogP contribution is 2.13. The Labute approximate surface area is 104 Å². The van der Waals surface area contributed by atoms with Gasteiger partial charge in [-0.3, -0.25) is 0 Å². The maximum atomic E-state index is 9.13. The van der Waals surface area contributed by atoms with Gasteiger partial charge in [-0.15, -0.1) is 0 Å². The predicted molar refractivity (Wildman–Crippen MR) is 71.6 cm³/mol. The molecule has 0 aromatic heterocycles. The van der Waals surface area contributed by atoms with Crippen LogP contribution in [0.2, 0.25) is 0 Å². The summed E-state index contributed by atoms with van der Waals surface area (Å²) < 4.78 is 5.41. The largest absolute Gasteiger partial charge is 0.508 e. The van der Waals surface area contributed by atoms with Gasteiger partial charge in [0.1, 0.15) is 5.75 Å². The number of hydrogen-bond donors (Lipinski definition) is 2. The summed E-state index contributed by atoms with van der Waals surface area (Å²) in [4.78, 5) is 0. The summed E-state index contributed by atoms with van der Waals surface area (Å²) in [5.74, 6) is 0.309. The van der Waals surface area contributed by atoms with Crippen LogP contribution in [0.15, 0.2) is 24.3 Å². The van der Waals surface area contributed by atoms with Crippen molar-refractivity contribution in [1.82, 2.24) is 0 Å². The Morgan fingerprint density at radius 1 is 1.06 bits per heavy atom. The highest BCUT2D eigenvalue weighted by molar-refractivity contribution is 5.45. The molecule has 1 aromatic rings. The summed E-state index contributed by atoms with van der Waals surface area (Å²) >= 11 is 0. The number of benzene rings is 1. The Hall–Kier alpha value is -1.22. The van der Waals surface area contributed by atoms with Gasteiger partial charge in [0.05, 0.1) is 0 Å². The van der Waals surface area contributed by atoms with Crippen molar-refractivity contribution in [1.29, 1.82) is 0 Å². The van der Waals surface area contributed by atoms with E-state index < -0.39 is 0 Å². The molecule has 0 unspecified atom stereocenters. The fourth-order valence-electron chi connectivity index (χ4n) is 1.56. The number of anilines is 1. The van der Waals surface area contributed by atoms with Crippen LogP contribution in [0.4, 0.5) is 5.69 Å². The molecule has 2 N–H and O–H groups in total. The lowest BCUT2D eigenvalue weighted by molar-refractivity contribution is 0.131. The number of ether oxygens (including phenoxy) is 1. The zero-order valence-corrected chi connectivity index (χ0v) is 10.6. The van der Waals surface area contributed by atoms with Crippen LogP contribution in [0.1, 0.15) is 32.6 Å². The van der Waals surface area contributed by atoms with Gasteiger partial charge in [0.15, 0.2) is 0 Å². The van der Waals surface area contributed by atoms with E-state index >= 15 is 0 Å². The number of phenols is 1. The van der Waals surface area contributed by atoms with Gasteiger partial charge in [0.25, 0.3) is 0 Å². The quantitative estimate of drug-likeness (QED) is 0.511. The van der Waals surface area contributed by atoms with Crippen molar-refractivity contribution in [2.24, 2.45) is 0 Å². The lowest BCUT2D eigenvalue weighted by atomic mass is 10.2. The minimum Gasteiger partial charge on any atom is -0.508 e. The minimum absolute atomic E-state index is 0.309. The number of unbranched alkanes of at least 4 members (excludes halogenated alkanes) is 2. The fourth-order valence-corrected chi connectivity index (χ4v) is 1.56. The normalized spacial score (nSPS) is 10.4. The standard InChI is InChI=1S/C14H23NO2/c1-2-11-17-12-5-3-4-10-15-13-6-8-14(16)9-7-13/h6-9,15-16H,2-5,10-12H2,1H3. The lowest BCUT2D eigenvalue weighted by Gasteiger charge is -2.06. The number of hydrogen-bond acceptors (Lipinski definition) is 3. The second kappa shape index (κ2) is 8.88. The molecule has 0 amide bonds. The maximum Gasteiger partial charge on any atom is 0.115 e. The van der Waals surface area contributed by atoms with Crippen LogP contribution < -0.4 is 5.32 Å². The van der Waals surface area contributed by atoms with E-state index in [1.165, 1.54) is 6.42 Å². The summed E-state index contributed by atoms with van der Waals surface area (Å²) in [6.45, 7) is 4.86. The molecule has 0 aliphatic heterocycles. The Morgan fingerprint density at radius 2 is 1.82 bits per heavy atom. The Morgan fingerprint density at radius 3 is 2.53 bits per heavy atom. The molecule has 0 fully saturated rings. The predicted octanol–water partition coefficient (Wildman–Crippen LogP) is 3.40. The minimum atomic E-state index is 0.309. The van der Waals surface area contributed by atoms with Crippen molar-refractivity contribution in [2.75, 3.05) is 25.1 Å². The highest BCUT2D eigenvalue weighted by Gasteiger charge is 1.93. The van der Waals surface area contributed by atoms with Crippen molar-refractivity contribution in [3.8, 4) is 5.75 Å². The van der Waals surface area contributed by atoms with Gasteiger partial charge in [-0.2, -0.15) is 0 Å². The molecule has 3 heteroatoms. The van der Waals surface area contributed by atoms with Crippen molar-refractivity contribution in [3.63, 3.8) is 0 Å². The summed E-state index contributed by atoms with van der Waals surface area (Å²) in [7, 11) is 0. The molecule has 0 saturated carbocycles. The van der Waals surface area contributed by atoms with E-state index in [0.29, 0.717) is 5.75 Å². The van der Waals surface area contributed by atoms with E-state index in [-0.39, 0.29) is 0 Å². The SMILES string of the molecule is CCCOCCCCCNc1ccc(O)cc1. The molecule has 3 nitrogen and oxygen atoms in total. The highest BCUT2D eigenvalue weighted by atomic mass is 16.5. The second-order valence-corrected chi connectivity index (χ2v) is 4.15. The van der Waals surface area contributed by atoms with Crippen LogP contribution in [-0.4, -0.2) is 24.9 Å². The van der Waals surface area contributed by atoms with Crippen molar-refractivity contribution >= 4 is 5.69 Å². The molecule has 0 saturated heterocycles. The van der Waals surface area contributed by atoms with E-state index in [4.69, 9.17) is 9.84 Å². The number of rotatable bonds is 9. The molecular weight excluding hydrogens is 214 g/mol. The molecule has 0 spiro atoms. The van der Waals surface area contributed by atoms with E-state index in [2.05, 4.69) is 12.2 Å². The molecular formula is C14H23NO2. The van der Waals surface area contributed by atoms with Crippen LogP contribution in [0, 0.1) is 0 Å². The van der Waals surface area contributed by atoms with Crippen LogP contribution in [0.3, 0.4) is 0 Å². The first-order chi connectivity index (χ1) is 8.33. The summed E-state index contributed by atoms with van der Waals surface area (Å²) in [5.41, 5.74) is 1.06. The molecule has 1 aromatic carbocycles. The van der Waals surface area contributed by atoms with Crippen LogP contribution >= 0.6 is 0 Å². The smallest absolute Gasteiger partial charge is 0.115 e. The Bertz CT molecular complexity index is 285. The molecule has 17 heavy (non-hydrogen) atoms. The molecule has 0 aliphatic rings. The summed E-state index contributed by atoms with van der Waals surface area (Å²) in [5, 5.41) is 12.4. The number of phenolic OH excluding ortho intramolecular Hbond substituents is 1. The van der Waals surface area contributed by atoms with E-state index in [9.17, 15) is 0 Å². The van der Waals surface area contributed by atoms with Crippen LogP contribution in [0.5, 0.6) is 5.75 Å². The van der Waals surface area contributed by atoms with Crippen molar-refractivity contribution in [3.05, 3.63) is 24.3 Å². The van der Waals surface area contributed by atoms with Crippen LogP contribution in [-0.2, 0) is 4.74 Å². The number of aromatic hydroxyl groups is 1. The molecule has 96 valence electrons. The summed E-state index contributed by atoms with van der Waals surface area (Å²) in [6.07, 6.45) is 4.57. The topological polar surface area (TPSA) is 41.5 Å². The van der Waals surface area contributed by atoms with Gasteiger partial charge in [-0.1, -0.05) is 6.92 Å². The average Bonchev–Trinajstić information content (AvgIpc) is 2.35. The van der Waals surface area contributed by atoms with Crippen molar-refractivity contribution < 1.29 is 9.84 Å². The average molecular weight is 237 g/mol. The Kier molecular flexibility index (Phi) is 7.23. The Balaban J connectivity index is 1.95. The van der Waals surface area contributed by atoms with E-state index in [0.717, 1.165) is 44.7 Å². The molecule has 0 aliphatic carbocycles. The molecule has 0 bridgehead atoms. The van der Waals surface area contributed by atoms with E-state index in [1.54, 1.807) is 12.1 Å². The summed E-state index contributed by atoms with van der Waals surface area (Å²) in [6, 6.07) is 7.17. The third-order valence-electron chi connectivity index (χ3n) is 2.51. The zero-order chi connectivity index (χ0) is 12.3. The first kappa shape index (κ1) is 13.8. The van der Waals surface area contributed by atoms with Gasteiger partial charge >= 0.3 is 0 Å². The molecule has 1 rings (SSSR count). The second-order valence-electron chi connectivity index (χ2n) is 4.15. The molecule has 0 radical (unpaired) electrons. The van der Waals surface area contributed by atoms with Gasteiger partial charge in [-0.25, -0.2) is 0 Å². The zero-order valence-electron chi connectivity index (χ0n) is 10.6. The van der Waals surface area contributed by atoms with Gasteiger partial charge < -0.3 is 15.2 Å². The lowest BCUT2D eigenvalue weighted by Crippen LogP contribution is -2.02. The van der Waals surface area contributed by atoms with Crippen LogP contribution in [0.25, 0.3) is 0 Å². The fraction of sp³-hybridized carbons (Fsp3) is 0.571. The molecule has 0 heterocycles. The van der Waals surface area contributed by atoms with E-state index in [1.807, 2.05) is 12.1 Å². The first-order valence-electron chi connectivity index (χ1n) is 6.43. The third-order valence-corrected chi connectivity index (χ3v) is 2.51.